The summed E-state index contributed by atoms with van der Waals surface area (Å²) in [6, 6.07) is 16.0. The molecule has 2 heterocycles. The minimum absolute atomic E-state index is 0.0430. The van der Waals surface area contributed by atoms with Crippen molar-refractivity contribution in [1.82, 2.24) is 5.32 Å². The van der Waals surface area contributed by atoms with E-state index in [1.54, 1.807) is 0 Å². The smallest absolute Gasteiger partial charge is 0.241 e. The summed E-state index contributed by atoms with van der Waals surface area (Å²) in [5.74, 6) is 0.0430. The number of benzene rings is 2. The predicted octanol–water partition coefficient (Wildman–Crippen LogP) is 3.98. The quantitative estimate of drug-likeness (QED) is 0.898. The van der Waals surface area contributed by atoms with Gasteiger partial charge in [-0.25, -0.2) is 0 Å². The molecule has 1 atom stereocenters. The number of rotatable bonds is 2. The SMILES string of the molecule is CC1(C)c2ccccc2N2CC(=O)N[C@@]21/C=C/c1ccccc1Cl. The van der Waals surface area contributed by atoms with Crippen LogP contribution in [0, 0.1) is 0 Å². The Balaban J connectivity index is 1.86. The largest absolute Gasteiger partial charge is 0.335 e. The molecule has 2 aliphatic rings. The highest BCUT2D eigenvalue weighted by atomic mass is 35.5. The molecule has 0 bridgehead atoms. The second-order valence-electron chi connectivity index (χ2n) is 6.90. The minimum atomic E-state index is -0.576. The Hall–Kier alpha value is -2.26. The van der Waals surface area contributed by atoms with Crippen molar-refractivity contribution in [2.75, 3.05) is 11.4 Å². The van der Waals surface area contributed by atoms with Gasteiger partial charge in [-0.15, -0.1) is 0 Å². The van der Waals surface area contributed by atoms with Crippen LogP contribution in [0.2, 0.25) is 5.02 Å². The molecule has 0 radical (unpaired) electrons. The van der Waals surface area contributed by atoms with Crippen LogP contribution >= 0.6 is 11.6 Å². The Bertz CT molecular complexity index is 858. The molecule has 4 heteroatoms. The van der Waals surface area contributed by atoms with Gasteiger partial charge in [-0.3, -0.25) is 4.79 Å². The summed E-state index contributed by atoms with van der Waals surface area (Å²) >= 11 is 6.29. The zero-order valence-corrected chi connectivity index (χ0v) is 14.5. The van der Waals surface area contributed by atoms with Gasteiger partial charge in [-0.05, 0) is 29.3 Å². The van der Waals surface area contributed by atoms with Crippen LogP contribution in [0.4, 0.5) is 5.69 Å². The average Bonchev–Trinajstić information content (AvgIpc) is 2.99. The summed E-state index contributed by atoms with van der Waals surface area (Å²) < 4.78 is 0. The van der Waals surface area contributed by atoms with Gasteiger partial charge in [0.15, 0.2) is 0 Å². The highest BCUT2D eigenvalue weighted by Gasteiger charge is 2.59. The first-order valence-corrected chi connectivity index (χ1v) is 8.45. The van der Waals surface area contributed by atoms with Crippen LogP contribution in [0.1, 0.15) is 25.0 Å². The highest BCUT2D eigenvalue weighted by molar-refractivity contribution is 6.32. The maximum Gasteiger partial charge on any atom is 0.241 e. The molecule has 3 nitrogen and oxygen atoms in total. The first kappa shape index (κ1) is 15.3. The summed E-state index contributed by atoms with van der Waals surface area (Å²) in [6.07, 6.45) is 4.09. The number of hydrogen-bond acceptors (Lipinski definition) is 2. The Kier molecular flexibility index (Phi) is 3.26. The maximum absolute atomic E-state index is 12.2. The van der Waals surface area contributed by atoms with Crippen LogP contribution in [-0.2, 0) is 10.2 Å². The highest BCUT2D eigenvalue weighted by Crippen LogP contribution is 2.52. The van der Waals surface area contributed by atoms with Crippen molar-refractivity contribution >= 4 is 29.3 Å². The number of fused-ring (bicyclic) bond motifs is 3. The number of carbonyl (C=O) groups excluding carboxylic acids is 1. The van der Waals surface area contributed by atoms with E-state index in [2.05, 4.69) is 48.3 Å². The maximum atomic E-state index is 12.2. The molecule has 0 aromatic heterocycles. The Morgan fingerprint density at radius 3 is 2.62 bits per heavy atom. The van der Waals surface area contributed by atoms with Crippen LogP contribution in [-0.4, -0.2) is 18.1 Å². The first-order chi connectivity index (χ1) is 11.5. The molecule has 0 saturated carbocycles. The van der Waals surface area contributed by atoms with Crippen molar-refractivity contribution in [2.24, 2.45) is 0 Å². The van der Waals surface area contributed by atoms with Gasteiger partial charge in [-0.1, -0.05) is 67.9 Å². The Labute approximate surface area is 146 Å². The topological polar surface area (TPSA) is 32.3 Å². The molecular weight excluding hydrogens is 320 g/mol. The fourth-order valence-corrected chi connectivity index (χ4v) is 4.16. The van der Waals surface area contributed by atoms with Gasteiger partial charge in [0.2, 0.25) is 5.91 Å². The van der Waals surface area contributed by atoms with Crippen molar-refractivity contribution in [3.63, 3.8) is 0 Å². The van der Waals surface area contributed by atoms with Crippen LogP contribution in [0.15, 0.2) is 54.6 Å². The second-order valence-corrected chi connectivity index (χ2v) is 7.30. The fraction of sp³-hybridized carbons (Fsp3) is 0.250. The van der Waals surface area contributed by atoms with Crippen molar-refractivity contribution in [1.29, 1.82) is 0 Å². The van der Waals surface area contributed by atoms with E-state index >= 15 is 0 Å². The van der Waals surface area contributed by atoms with Gasteiger partial charge in [0.05, 0.1) is 6.54 Å². The van der Waals surface area contributed by atoms with E-state index in [-0.39, 0.29) is 11.3 Å². The summed E-state index contributed by atoms with van der Waals surface area (Å²) in [5.41, 5.74) is 2.47. The third-order valence-corrected chi connectivity index (χ3v) is 5.63. The molecule has 0 unspecified atom stereocenters. The average molecular weight is 339 g/mol. The minimum Gasteiger partial charge on any atom is -0.335 e. The summed E-state index contributed by atoms with van der Waals surface area (Å²) in [7, 11) is 0. The monoisotopic (exact) mass is 338 g/mol. The normalized spacial score (nSPS) is 24.1. The molecule has 2 aromatic rings. The van der Waals surface area contributed by atoms with Gasteiger partial charge in [0.25, 0.3) is 0 Å². The molecule has 1 fully saturated rings. The van der Waals surface area contributed by atoms with Crippen LogP contribution < -0.4 is 10.2 Å². The van der Waals surface area contributed by atoms with Crippen molar-refractivity contribution in [3.8, 4) is 0 Å². The molecule has 0 spiro atoms. The van der Waals surface area contributed by atoms with Crippen LogP contribution in [0.25, 0.3) is 6.08 Å². The number of para-hydroxylation sites is 1. The van der Waals surface area contributed by atoms with E-state index in [1.165, 1.54) is 5.56 Å². The van der Waals surface area contributed by atoms with Gasteiger partial charge < -0.3 is 10.2 Å². The van der Waals surface area contributed by atoms with Gasteiger partial charge in [0.1, 0.15) is 5.66 Å². The molecule has 1 amide bonds. The number of amides is 1. The van der Waals surface area contributed by atoms with E-state index in [1.807, 2.05) is 36.4 Å². The zero-order valence-electron chi connectivity index (χ0n) is 13.7. The number of nitrogens with zero attached hydrogens (tertiary/aromatic N) is 1. The lowest BCUT2D eigenvalue weighted by Gasteiger charge is -2.40. The van der Waals surface area contributed by atoms with Gasteiger partial charge >= 0.3 is 0 Å². The number of anilines is 1. The molecule has 1 saturated heterocycles. The van der Waals surface area contributed by atoms with Gasteiger partial charge in [-0.2, -0.15) is 0 Å². The zero-order chi connectivity index (χ0) is 16.9. The fourth-order valence-electron chi connectivity index (χ4n) is 3.96. The molecule has 122 valence electrons. The summed E-state index contributed by atoms with van der Waals surface area (Å²) in [6.45, 7) is 4.72. The van der Waals surface area contributed by atoms with Gasteiger partial charge in [0, 0.05) is 16.1 Å². The standard InChI is InChI=1S/C20H19ClN2O/c1-19(2)15-8-4-6-10-17(15)23-13-18(24)22-20(19,23)12-11-14-7-3-5-9-16(14)21/h3-12H,13H2,1-2H3,(H,22,24)/b12-11+/t20-/m0/s1. The lowest BCUT2D eigenvalue weighted by atomic mass is 9.75. The molecule has 2 aromatic carbocycles. The number of hydrogen-bond donors (Lipinski definition) is 1. The second kappa shape index (κ2) is 5.12. The van der Waals surface area contributed by atoms with Crippen LogP contribution in [0.3, 0.4) is 0 Å². The molecular formula is C20H19ClN2O. The van der Waals surface area contributed by atoms with Crippen molar-refractivity contribution in [2.45, 2.75) is 24.9 Å². The third-order valence-electron chi connectivity index (χ3n) is 5.29. The van der Waals surface area contributed by atoms with Crippen molar-refractivity contribution in [3.05, 3.63) is 70.8 Å². The lowest BCUT2D eigenvalue weighted by Crippen LogP contribution is -2.58. The Morgan fingerprint density at radius 2 is 1.83 bits per heavy atom. The molecule has 1 N–H and O–H groups in total. The lowest BCUT2D eigenvalue weighted by molar-refractivity contribution is -0.118. The van der Waals surface area contributed by atoms with E-state index < -0.39 is 5.66 Å². The van der Waals surface area contributed by atoms with E-state index in [0.717, 1.165) is 11.3 Å². The number of nitrogens with one attached hydrogen (secondary N) is 1. The molecule has 2 aliphatic heterocycles. The van der Waals surface area contributed by atoms with E-state index in [9.17, 15) is 4.79 Å². The third kappa shape index (κ3) is 1.94. The Morgan fingerprint density at radius 1 is 1.12 bits per heavy atom. The number of halogens is 1. The molecule has 24 heavy (non-hydrogen) atoms. The molecule has 4 rings (SSSR count). The summed E-state index contributed by atoms with van der Waals surface area (Å²) in [4.78, 5) is 14.4. The van der Waals surface area contributed by atoms with E-state index in [4.69, 9.17) is 11.6 Å². The summed E-state index contributed by atoms with van der Waals surface area (Å²) in [5, 5.41) is 3.92. The predicted molar refractivity (Wildman–Crippen MR) is 98.2 cm³/mol. The molecule has 0 aliphatic carbocycles. The number of carbonyl (C=O) groups is 1. The van der Waals surface area contributed by atoms with Crippen LogP contribution in [0.5, 0.6) is 0 Å². The first-order valence-electron chi connectivity index (χ1n) is 8.08. The van der Waals surface area contributed by atoms with Crippen molar-refractivity contribution < 1.29 is 4.79 Å². The van der Waals surface area contributed by atoms with E-state index in [0.29, 0.717) is 11.6 Å².